The van der Waals surface area contributed by atoms with Crippen molar-refractivity contribution >= 4 is 38.3 Å². The maximum atomic E-state index is 8.49. The van der Waals surface area contributed by atoms with E-state index in [1.165, 1.54) is 0 Å². The highest BCUT2D eigenvalue weighted by molar-refractivity contribution is 9.10. The second-order valence-corrected chi connectivity index (χ2v) is 7.57. The lowest BCUT2D eigenvalue weighted by Crippen LogP contribution is -2.13. The van der Waals surface area contributed by atoms with Crippen molar-refractivity contribution < 1.29 is 13.9 Å². The summed E-state index contributed by atoms with van der Waals surface area (Å²) in [4.78, 5) is 6.34. The standard InChI is InChI=1S/C21H20BrN3O3/c1-25(2)12-5-6-13-16(9-12)28-21(23)19(15-10-24-15)18(13)11-7-14(22)20(27-4)17(8-11)26-3/h5-9,23H,10H2,1-4H3. The number of hydrogen-bond donors (Lipinski definition) is 1. The molecular weight excluding hydrogens is 422 g/mol. The third-order valence-electron chi connectivity index (χ3n) is 4.77. The van der Waals surface area contributed by atoms with E-state index in [-0.39, 0.29) is 5.55 Å². The van der Waals surface area contributed by atoms with E-state index >= 15 is 0 Å². The minimum absolute atomic E-state index is 0.112. The summed E-state index contributed by atoms with van der Waals surface area (Å²) >= 11 is 3.57. The summed E-state index contributed by atoms with van der Waals surface area (Å²) in [5, 5.41) is 9.41. The molecule has 0 amide bonds. The van der Waals surface area contributed by atoms with E-state index in [9.17, 15) is 0 Å². The van der Waals surface area contributed by atoms with Gasteiger partial charge in [0, 0.05) is 36.8 Å². The lowest BCUT2D eigenvalue weighted by Gasteiger charge is -2.17. The lowest BCUT2D eigenvalue weighted by molar-refractivity contribution is 0.353. The molecule has 4 rings (SSSR count). The van der Waals surface area contributed by atoms with Gasteiger partial charge in [-0.3, -0.25) is 10.4 Å². The number of benzene rings is 2. The van der Waals surface area contributed by atoms with Gasteiger partial charge in [-0.15, -0.1) is 0 Å². The minimum atomic E-state index is 0.112. The second-order valence-electron chi connectivity index (χ2n) is 6.71. The number of rotatable bonds is 5. The van der Waals surface area contributed by atoms with Crippen molar-refractivity contribution in [2.24, 2.45) is 4.99 Å². The molecule has 1 N–H and O–H groups in total. The first kappa shape index (κ1) is 18.6. The third kappa shape index (κ3) is 3.05. The molecule has 0 radical (unpaired) electrons. The van der Waals surface area contributed by atoms with Crippen molar-refractivity contribution in [1.82, 2.24) is 0 Å². The first-order valence-electron chi connectivity index (χ1n) is 8.73. The fourth-order valence-electron chi connectivity index (χ4n) is 3.32. The van der Waals surface area contributed by atoms with E-state index in [2.05, 4.69) is 20.9 Å². The Morgan fingerprint density at radius 3 is 2.46 bits per heavy atom. The molecule has 1 aromatic heterocycles. The Kier molecular flexibility index (Phi) is 4.63. The Balaban J connectivity index is 2.08. The molecule has 0 bridgehead atoms. The third-order valence-corrected chi connectivity index (χ3v) is 5.36. The molecule has 0 spiro atoms. The van der Waals surface area contributed by atoms with E-state index in [4.69, 9.17) is 19.3 Å². The van der Waals surface area contributed by atoms with Crippen LogP contribution in [0, 0.1) is 5.41 Å². The molecule has 144 valence electrons. The molecular formula is C21H20BrN3O3. The minimum Gasteiger partial charge on any atom is -0.493 e. The molecule has 0 atom stereocenters. The number of aliphatic imine (C=N–C) groups is 1. The number of hydrogen-bond acceptors (Lipinski definition) is 6. The van der Waals surface area contributed by atoms with Gasteiger partial charge in [0.1, 0.15) is 5.58 Å². The highest BCUT2D eigenvalue weighted by Crippen LogP contribution is 2.42. The maximum absolute atomic E-state index is 8.49. The average molecular weight is 442 g/mol. The van der Waals surface area contributed by atoms with Gasteiger partial charge in [0.15, 0.2) is 11.5 Å². The molecule has 1 aliphatic heterocycles. The molecule has 1 aliphatic rings. The summed E-state index contributed by atoms with van der Waals surface area (Å²) in [5.74, 6) is 1.24. The van der Waals surface area contributed by atoms with Crippen LogP contribution in [0.5, 0.6) is 11.5 Å². The highest BCUT2D eigenvalue weighted by atomic mass is 79.9. The number of ether oxygens (including phenoxy) is 2. The predicted octanol–water partition coefficient (Wildman–Crippen LogP) is 4.23. The van der Waals surface area contributed by atoms with Gasteiger partial charge in [0.05, 0.1) is 36.5 Å². The highest BCUT2D eigenvalue weighted by Gasteiger charge is 2.25. The van der Waals surface area contributed by atoms with Crippen LogP contribution in [-0.4, -0.2) is 40.6 Å². The quantitative estimate of drug-likeness (QED) is 0.642. The van der Waals surface area contributed by atoms with Crippen molar-refractivity contribution in [3.8, 4) is 22.6 Å². The molecule has 0 saturated heterocycles. The van der Waals surface area contributed by atoms with Gasteiger partial charge in [-0.25, -0.2) is 0 Å². The Morgan fingerprint density at radius 1 is 1.11 bits per heavy atom. The van der Waals surface area contributed by atoms with E-state index in [0.717, 1.165) is 37.9 Å². The number of fused-ring (bicyclic) bond motifs is 1. The van der Waals surface area contributed by atoms with Crippen LogP contribution in [0.1, 0.15) is 5.56 Å². The molecule has 0 aliphatic carbocycles. The lowest BCUT2D eigenvalue weighted by atomic mass is 9.95. The second kappa shape index (κ2) is 6.98. The van der Waals surface area contributed by atoms with Crippen molar-refractivity contribution in [1.29, 1.82) is 5.41 Å². The zero-order valence-electron chi connectivity index (χ0n) is 16.1. The van der Waals surface area contributed by atoms with Crippen molar-refractivity contribution in [2.75, 3.05) is 39.8 Å². The SMILES string of the molecule is COc1cc(-c2c(C3=NC3)c(=N)oc3cc(N(C)C)ccc23)cc(Br)c1OC. The van der Waals surface area contributed by atoms with Crippen LogP contribution in [0.3, 0.4) is 0 Å². The smallest absolute Gasteiger partial charge is 0.221 e. The van der Waals surface area contributed by atoms with Crippen LogP contribution in [0.4, 0.5) is 5.69 Å². The molecule has 7 heteroatoms. The Morgan fingerprint density at radius 2 is 1.86 bits per heavy atom. The monoisotopic (exact) mass is 441 g/mol. The van der Waals surface area contributed by atoms with Crippen molar-refractivity contribution in [2.45, 2.75) is 0 Å². The zero-order chi connectivity index (χ0) is 20.0. The molecule has 2 aromatic carbocycles. The normalized spacial score (nSPS) is 12.7. The Labute approximate surface area is 171 Å². The van der Waals surface area contributed by atoms with Crippen LogP contribution in [0.15, 0.2) is 44.2 Å². The molecule has 0 saturated carbocycles. The molecule has 2 heterocycles. The fraction of sp³-hybridized carbons (Fsp3) is 0.238. The van der Waals surface area contributed by atoms with Gasteiger partial charge in [0.2, 0.25) is 5.55 Å². The van der Waals surface area contributed by atoms with Gasteiger partial charge in [-0.2, -0.15) is 0 Å². The van der Waals surface area contributed by atoms with Crippen LogP contribution >= 0.6 is 15.9 Å². The largest absolute Gasteiger partial charge is 0.493 e. The number of halogens is 1. The molecule has 6 nitrogen and oxygen atoms in total. The number of nitrogens with one attached hydrogen (secondary N) is 1. The first-order valence-corrected chi connectivity index (χ1v) is 9.52. The van der Waals surface area contributed by atoms with Crippen molar-refractivity contribution in [3.05, 3.63) is 45.9 Å². The van der Waals surface area contributed by atoms with Crippen LogP contribution < -0.4 is 19.9 Å². The molecule has 28 heavy (non-hydrogen) atoms. The van der Waals surface area contributed by atoms with Crippen LogP contribution in [0.2, 0.25) is 0 Å². The van der Waals surface area contributed by atoms with E-state index in [1.807, 2.05) is 49.3 Å². The molecule has 3 aromatic rings. The predicted molar refractivity (Wildman–Crippen MR) is 114 cm³/mol. The zero-order valence-corrected chi connectivity index (χ0v) is 17.7. The van der Waals surface area contributed by atoms with Gasteiger partial charge in [-0.1, -0.05) is 0 Å². The summed E-state index contributed by atoms with van der Waals surface area (Å²) < 4.78 is 17.6. The van der Waals surface area contributed by atoms with Crippen molar-refractivity contribution in [3.63, 3.8) is 0 Å². The van der Waals surface area contributed by atoms with Crippen LogP contribution in [-0.2, 0) is 0 Å². The Hall–Kier alpha value is -2.80. The number of anilines is 1. The summed E-state index contributed by atoms with van der Waals surface area (Å²) in [6.07, 6.45) is 0. The average Bonchev–Trinajstić information content (AvgIpc) is 3.50. The summed E-state index contributed by atoms with van der Waals surface area (Å²) in [7, 11) is 7.16. The summed E-state index contributed by atoms with van der Waals surface area (Å²) in [5.41, 5.74) is 5.20. The van der Waals surface area contributed by atoms with Crippen LogP contribution in [0.25, 0.3) is 22.1 Å². The number of nitrogens with zero attached hydrogens (tertiary/aromatic N) is 2. The number of methoxy groups -OCH3 is 2. The fourth-order valence-corrected chi connectivity index (χ4v) is 3.93. The maximum Gasteiger partial charge on any atom is 0.221 e. The summed E-state index contributed by atoms with van der Waals surface area (Å²) in [6, 6.07) is 9.91. The van der Waals surface area contributed by atoms with Gasteiger partial charge < -0.3 is 18.8 Å². The first-order chi connectivity index (χ1) is 13.4. The van der Waals surface area contributed by atoms with E-state index in [0.29, 0.717) is 23.6 Å². The van der Waals surface area contributed by atoms with Gasteiger partial charge in [-0.05, 0) is 45.8 Å². The van der Waals surface area contributed by atoms with E-state index in [1.54, 1.807) is 14.2 Å². The van der Waals surface area contributed by atoms with Gasteiger partial charge >= 0.3 is 0 Å². The summed E-state index contributed by atoms with van der Waals surface area (Å²) in [6.45, 7) is 0.629. The molecule has 0 unspecified atom stereocenters. The Bertz CT molecular complexity index is 1180. The van der Waals surface area contributed by atoms with E-state index < -0.39 is 0 Å². The topological polar surface area (TPSA) is 71.0 Å². The van der Waals surface area contributed by atoms with Gasteiger partial charge in [0.25, 0.3) is 0 Å². The molecule has 0 fully saturated rings.